The van der Waals surface area contributed by atoms with Crippen LogP contribution < -0.4 is 0 Å². The molecule has 2 fully saturated rings. The van der Waals surface area contributed by atoms with Crippen LogP contribution >= 0.6 is 0 Å². The minimum Gasteiger partial charge on any atom is -0.372 e. The van der Waals surface area contributed by atoms with Crippen LogP contribution in [0.2, 0.25) is 0 Å². The summed E-state index contributed by atoms with van der Waals surface area (Å²) in [5.41, 5.74) is 0. The third kappa shape index (κ3) is 3.71. The van der Waals surface area contributed by atoms with Gasteiger partial charge in [0.25, 0.3) is 0 Å². The van der Waals surface area contributed by atoms with E-state index in [1.807, 2.05) is 18.7 Å². The third-order valence-corrected chi connectivity index (χ3v) is 5.20. The minimum atomic E-state index is -3.21. The maximum absolute atomic E-state index is 12.6. The van der Waals surface area contributed by atoms with E-state index in [0.29, 0.717) is 26.2 Å². The summed E-state index contributed by atoms with van der Waals surface area (Å²) in [6, 6.07) is 0. The molecule has 0 aromatic carbocycles. The Morgan fingerprint density at radius 3 is 2.30 bits per heavy atom. The van der Waals surface area contributed by atoms with Crippen LogP contribution in [0.4, 0.5) is 0 Å². The van der Waals surface area contributed by atoms with Crippen molar-refractivity contribution in [1.29, 1.82) is 0 Å². The fourth-order valence-corrected chi connectivity index (χ4v) is 3.97. The summed E-state index contributed by atoms with van der Waals surface area (Å²) in [7, 11) is -3.21. The topological polar surface area (TPSA) is 66.9 Å². The van der Waals surface area contributed by atoms with Crippen molar-refractivity contribution in [1.82, 2.24) is 9.21 Å². The summed E-state index contributed by atoms with van der Waals surface area (Å²) in [5.74, 6) is -0.142. The van der Waals surface area contributed by atoms with E-state index in [1.165, 1.54) is 10.6 Å². The standard InChI is InChI=1S/C13H24N2O4S/c1-10-7-14(8-11(2)19-10)13(16)12-5-4-6-15(9-12)20(3,17)18/h10-12H,4-9H2,1-3H3. The van der Waals surface area contributed by atoms with Gasteiger partial charge in [-0.05, 0) is 26.7 Å². The molecule has 3 atom stereocenters. The molecule has 0 aliphatic carbocycles. The zero-order valence-electron chi connectivity index (χ0n) is 12.4. The van der Waals surface area contributed by atoms with Gasteiger partial charge < -0.3 is 9.64 Å². The molecule has 0 bridgehead atoms. The van der Waals surface area contributed by atoms with E-state index in [-0.39, 0.29) is 24.0 Å². The van der Waals surface area contributed by atoms with Gasteiger partial charge in [-0.2, -0.15) is 0 Å². The fourth-order valence-electron chi connectivity index (χ4n) is 3.06. The Kier molecular flexibility index (Phi) is 4.71. The number of sulfonamides is 1. The van der Waals surface area contributed by atoms with Crippen molar-refractivity contribution in [3.63, 3.8) is 0 Å². The Hall–Kier alpha value is -0.660. The first-order valence-corrected chi connectivity index (χ1v) is 9.01. The van der Waals surface area contributed by atoms with E-state index in [1.54, 1.807) is 0 Å². The molecule has 0 radical (unpaired) electrons. The normalized spacial score (nSPS) is 33.1. The Morgan fingerprint density at radius 1 is 1.15 bits per heavy atom. The van der Waals surface area contributed by atoms with E-state index >= 15 is 0 Å². The van der Waals surface area contributed by atoms with Crippen LogP contribution in [0.3, 0.4) is 0 Å². The van der Waals surface area contributed by atoms with Crippen molar-refractivity contribution in [2.45, 2.75) is 38.9 Å². The number of rotatable bonds is 2. The number of hydrogen-bond acceptors (Lipinski definition) is 4. The number of morpholine rings is 1. The van der Waals surface area contributed by atoms with Crippen LogP contribution in [0.25, 0.3) is 0 Å². The molecule has 2 heterocycles. The number of amides is 1. The van der Waals surface area contributed by atoms with Gasteiger partial charge in [0.2, 0.25) is 15.9 Å². The SMILES string of the molecule is CC1CN(C(=O)C2CCCN(S(C)(=O)=O)C2)CC(C)O1. The van der Waals surface area contributed by atoms with Gasteiger partial charge >= 0.3 is 0 Å². The van der Waals surface area contributed by atoms with Crippen molar-refractivity contribution in [3.8, 4) is 0 Å². The number of ether oxygens (including phenoxy) is 1. The largest absolute Gasteiger partial charge is 0.372 e. The molecule has 6 nitrogen and oxygen atoms in total. The van der Waals surface area contributed by atoms with Gasteiger partial charge in [-0.15, -0.1) is 0 Å². The van der Waals surface area contributed by atoms with Crippen LogP contribution in [0.5, 0.6) is 0 Å². The maximum Gasteiger partial charge on any atom is 0.227 e. The summed E-state index contributed by atoms with van der Waals surface area (Å²) in [4.78, 5) is 14.4. The lowest BCUT2D eigenvalue weighted by atomic mass is 9.97. The van der Waals surface area contributed by atoms with E-state index in [4.69, 9.17) is 4.74 Å². The molecule has 2 rings (SSSR count). The van der Waals surface area contributed by atoms with Gasteiger partial charge in [-0.3, -0.25) is 4.79 Å². The fraction of sp³-hybridized carbons (Fsp3) is 0.923. The third-order valence-electron chi connectivity index (χ3n) is 3.93. The van der Waals surface area contributed by atoms with Crippen molar-refractivity contribution in [2.75, 3.05) is 32.4 Å². The van der Waals surface area contributed by atoms with Crippen LogP contribution in [0.15, 0.2) is 0 Å². The van der Waals surface area contributed by atoms with Gasteiger partial charge in [0.05, 0.1) is 24.4 Å². The molecule has 2 aliphatic rings. The van der Waals surface area contributed by atoms with Gasteiger partial charge in [0.15, 0.2) is 0 Å². The van der Waals surface area contributed by atoms with Crippen molar-refractivity contribution in [3.05, 3.63) is 0 Å². The first kappa shape index (κ1) is 15.7. The number of carbonyl (C=O) groups excluding carboxylic acids is 1. The van der Waals surface area contributed by atoms with Gasteiger partial charge in [0.1, 0.15) is 0 Å². The first-order chi connectivity index (χ1) is 9.27. The summed E-state index contributed by atoms with van der Waals surface area (Å²) >= 11 is 0. The molecule has 1 amide bonds. The molecule has 3 unspecified atom stereocenters. The molecule has 2 saturated heterocycles. The Labute approximate surface area is 121 Å². The molecule has 0 spiro atoms. The summed E-state index contributed by atoms with van der Waals surface area (Å²) in [5, 5.41) is 0. The maximum atomic E-state index is 12.6. The van der Waals surface area contributed by atoms with Crippen molar-refractivity contribution in [2.24, 2.45) is 5.92 Å². The molecule has 2 aliphatic heterocycles. The van der Waals surface area contributed by atoms with E-state index in [9.17, 15) is 13.2 Å². The second-order valence-corrected chi connectivity index (χ2v) is 7.94. The number of piperidine rings is 1. The highest BCUT2D eigenvalue weighted by atomic mass is 32.2. The summed E-state index contributed by atoms with van der Waals surface area (Å²) in [6.45, 7) is 5.95. The van der Waals surface area contributed by atoms with E-state index in [2.05, 4.69) is 0 Å². The lowest BCUT2D eigenvalue weighted by Crippen LogP contribution is -2.52. The second kappa shape index (κ2) is 5.99. The van der Waals surface area contributed by atoms with Crippen molar-refractivity contribution >= 4 is 15.9 Å². The molecule has 116 valence electrons. The molecular formula is C13H24N2O4S. The molecule has 0 saturated carbocycles. The molecule has 0 aromatic rings. The molecule has 20 heavy (non-hydrogen) atoms. The van der Waals surface area contributed by atoms with Crippen LogP contribution in [0, 0.1) is 5.92 Å². The van der Waals surface area contributed by atoms with Gasteiger partial charge in [-0.1, -0.05) is 0 Å². The highest BCUT2D eigenvalue weighted by molar-refractivity contribution is 7.88. The second-order valence-electron chi connectivity index (χ2n) is 5.96. The van der Waals surface area contributed by atoms with Gasteiger partial charge in [-0.25, -0.2) is 12.7 Å². The summed E-state index contributed by atoms with van der Waals surface area (Å²) < 4.78 is 30.3. The average molecular weight is 304 g/mol. The number of hydrogen-bond donors (Lipinski definition) is 0. The zero-order chi connectivity index (χ0) is 14.9. The Balaban J connectivity index is 2.01. The van der Waals surface area contributed by atoms with E-state index < -0.39 is 10.0 Å². The van der Waals surface area contributed by atoms with Crippen LogP contribution in [-0.4, -0.2) is 68.2 Å². The average Bonchev–Trinajstić information content (AvgIpc) is 2.36. The summed E-state index contributed by atoms with van der Waals surface area (Å²) in [6.07, 6.45) is 2.80. The van der Waals surface area contributed by atoms with Gasteiger partial charge in [0, 0.05) is 26.2 Å². The van der Waals surface area contributed by atoms with Crippen LogP contribution in [0.1, 0.15) is 26.7 Å². The predicted molar refractivity (Wildman–Crippen MR) is 75.7 cm³/mol. The highest BCUT2D eigenvalue weighted by Gasteiger charge is 2.35. The smallest absolute Gasteiger partial charge is 0.227 e. The molecule has 7 heteroatoms. The number of carbonyl (C=O) groups is 1. The Morgan fingerprint density at radius 2 is 1.75 bits per heavy atom. The zero-order valence-corrected chi connectivity index (χ0v) is 13.2. The quantitative estimate of drug-likeness (QED) is 0.735. The van der Waals surface area contributed by atoms with Crippen LogP contribution in [-0.2, 0) is 19.6 Å². The van der Waals surface area contributed by atoms with E-state index in [0.717, 1.165) is 12.8 Å². The molecule has 0 N–H and O–H groups in total. The number of nitrogens with zero attached hydrogens (tertiary/aromatic N) is 2. The molecule has 0 aromatic heterocycles. The monoisotopic (exact) mass is 304 g/mol. The Bertz CT molecular complexity index is 455. The van der Waals surface area contributed by atoms with Crippen molar-refractivity contribution < 1.29 is 17.9 Å². The highest BCUT2D eigenvalue weighted by Crippen LogP contribution is 2.22. The molecular weight excluding hydrogens is 280 g/mol. The lowest BCUT2D eigenvalue weighted by Gasteiger charge is -2.39. The lowest BCUT2D eigenvalue weighted by molar-refractivity contribution is -0.148. The first-order valence-electron chi connectivity index (χ1n) is 7.16. The minimum absolute atomic E-state index is 0.0392. The predicted octanol–water partition coefficient (Wildman–Crippen LogP) is 0.294.